The lowest BCUT2D eigenvalue weighted by Gasteiger charge is -2.30. The van der Waals surface area contributed by atoms with Crippen molar-refractivity contribution >= 4 is 34.3 Å². The SMILES string of the molecule is CCN(CC)c1ccc(N=Nc2cc(C(=O)N(C(C)C)C(C)C)c([N+](=O)[O-])cc2[N+](=O)[O-])cc1. The Bertz CT molecular complexity index is 1070. The van der Waals surface area contributed by atoms with Crippen molar-refractivity contribution in [1.82, 2.24) is 4.90 Å². The molecule has 11 nitrogen and oxygen atoms in total. The van der Waals surface area contributed by atoms with Crippen LogP contribution in [0.1, 0.15) is 51.9 Å². The minimum atomic E-state index is -0.800. The van der Waals surface area contributed by atoms with E-state index in [4.69, 9.17) is 0 Å². The van der Waals surface area contributed by atoms with Crippen molar-refractivity contribution in [3.05, 3.63) is 62.2 Å². The smallest absolute Gasteiger partial charge is 0.303 e. The summed E-state index contributed by atoms with van der Waals surface area (Å²) in [6.07, 6.45) is 0. The molecule has 0 radical (unpaired) electrons. The molecule has 0 saturated carbocycles. The molecule has 0 aromatic heterocycles. The average Bonchev–Trinajstić information content (AvgIpc) is 2.78. The summed E-state index contributed by atoms with van der Waals surface area (Å²) in [5, 5.41) is 31.3. The second kappa shape index (κ2) is 11.3. The number of amides is 1. The van der Waals surface area contributed by atoms with Crippen molar-refractivity contribution in [2.24, 2.45) is 10.2 Å². The third-order valence-corrected chi connectivity index (χ3v) is 5.32. The topological polar surface area (TPSA) is 135 Å². The molecule has 0 aliphatic rings. The zero-order valence-electron chi connectivity index (χ0n) is 20.3. The van der Waals surface area contributed by atoms with E-state index in [1.165, 1.54) is 4.90 Å². The minimum Gasteiger partial charge on any atom is -0.372 e. The van der Waals surface area contributed by atoms with Crippen LogP contribution in [0.5, 0.6) is 0 Å². The fraction of sp³-hybridized carbons (Fsp3) is 0.435. The summed E-state index contributed by atoms with van der Waals surface area (Å²) in [4.78, 5) is 38.5. The molecule has 0 atom stereocenters. The maximum Gasteiger partial charge on any atom is 0.303 e. The van der Waals surface area contributed by atoms with Crippen molar-refractivity contribution in [3.8, 4) is 0 Å². The Labute approximate surface area is 198 Å². The van der Waals surface area contributed by atoms with E-state index >= 15 is 0 Å². The molecule has 11 heteroatoms. The normalized spacial score (nSPS) is 11.3. The highest BCUT2D eigenvalue weighted by atomic mass is 16.6. The van der Waals surface area contributed by atoms with Gasteiger partial charge >= 0.3 is 5.69 Å². The summed E-state index contributed by atoms with van der Waals surface area (Å²) in [7, 11) is 0. The van der Waals surface area contributed by atoms with Crippen LogP contribution in [0.4, 0.5) is 28.4 Å². The lowest BCUT2D eigenvalue weighted by molar-refractivity contribution is -0.393. The van der Waals surface area contributed by atoms with Gasteiger partial charge in [0.15, 0.2) is 5.69 Å². The number of carbonyl (C=O) groups is 1. The lowest BCUT2D eigenvalue weighted by atomic mass is 10.1. The lowest BCUT2D eigenvalue weighted by Crippen LogP contribution is -2.42. The van der Waals surface area contributed by atoms with Gasteiger partial charge in [0, 0.05) is 30.9 Å². The summed E-state index contributed by atoms with van der Waals surface area (Å²) in [5.41, 5.74) is -0.316. The molecule has 0 spiro atoms. The Morgan fingerprint density at radius 1 is 0.882 bits per heavy atom. The van der Waals surface area contributed by atoms with E-state index in [0.29, 0.717) is 5.69 Å². The van der Waals surface area contributed by atoms with E-state index < -0.39 is 27.1 Å². The van der Waals surface area contributed by atoms with Gasteiger partial charge in [-0.05, 0) is 71.9 Å². The predicted molar refractivity (Wildman–Crippen MR) is 130 cm³/mol. The molecule has 0 aliphatic heterocycles. The monoisotopic (exact) mass is 470 g/mol. The first kappa shape index (κ1) is 26.4. The average molecular weight is 471 g/mol. The molecule has 0 saturated heterocycles. The maximum atomic E-state index is 13.2. The molecule has 0 heterocycles. The first-order chi connectivity index (χ1) is 16.0. The molecule has 0 unspecified atom stereocenters. The summed E-state index contributed by atoms with van der Waals surface area (Å²) in [6, 6.07) is 8.54. The zero-order chi connectivity index (χ0) is 25.6. The van der Waals surface area contributed by atoms with E-state index in [1.807, 2.05) is 26.0 Å². The van der Waals surface area contributed by atoms with E-state index in [9.17, 15) is 25.0 Å². The van der Waals surface area contributed by atoms with Crippen LogP contribution < -0.4 is 4.90 Å². The van der Waals surface area contributed by atoms with Crippen LogP contribution in [0, 0.1) is 20.2 Å². The van der Waals surface area contributed by atoms with Crippen molar-refractivity contribution in [1.29, 1.82) is 0 Å². The van der Waals surface area contributed by atoms with Crippen molar-refractivity contribution in [2.45, 2.75) is 53.6 Å². The number of hydrogen-bond acceptors (Lipinski definition) is 8. The standard InChI is InChI=1S/C23H30N6O5/c1-7-26(8-2)18-11-9-17(10-12-18)24-25-20-13-19(23(30)27(15(3)4)16(5)6)21(28(31)32)14-22(20)29(33)34/h9-16H,7-8H2,1-6H3. The van der Waals surface area contributed by atoms with Crippen molar-refractivity contribution in [3.63, 3.8) is 0 Å². The van der Waals surface area contributed by atoms with Crippen LogP contribution in [-0.4, -0.2) is 45.8 Å². The number of benzene rings is 2. The molecule has 182 valence electrons. The highest BCUT2D eigenvalue weighted by molar-refractivity contribution is 6.00. The number of carbonyl (C=O) groups excluding carboxylic acids is 1. The third kappa shape index (κ3) is 5.91. The fourth-order valence-corrected chi connectivity index (χ4v) is 3.75. The first-order valence-electron chi connectivity index (χ1n) is 11.1. The molecule has 2 aromatic rings. The minimum absolute atomic E-state index is 0.237. The van der Waals surface area contributed by atoms with Gasteiger partial charge in [0.05, 0.1) is 21.6 Å². The molecule has 0 N–H and O–H groups in total. The van der Waals surface area contributed by atoms with Crippen molar-refractivity contribution in [2.75, 3.05) is 18.0 Å². The van der Waals surface area contributed by atoms with Gasteiger partial charge < -0.3 is 9.80 Å². The van der Waals surface area contributed by atoms with Gasteiger partial charge in [-0.3, -0.25) is 25.0 Å². The molecular weight excluding hydrogens is 440 g/mol. The van der Waals surface area contributed by atoms with E-state index in [0.717, 1.165) is 30.9 Å². The van der Waals surface area contributed by atoms with E-state index in [-0.39, 0.29) is 23.3 Å². The Kier molecular flexibility index (Phi) is 8.76. The molecule has 1 amide bonds. The number of nitro benzene ring substituents is 2. The molecule has 0 aliphatic carbocycles. The van der Waals surface area contributed by atoms with Gasteiger partial charge in [-0.15, -0.1) is 5.11 Å². The van der Waals surface area contributed by atoms with Crippen LogP contribution in [0.15, 0.2) is 46.6 Å². The molecule has 0 bridgehead atoms. The predicted octanol–water partition coefficient (Wildman–Crippen LogP) is 6.02. The number of nitro groups is 2. The Balaban J connectivity index is 2.57. The molecule has 34 heavy (non-hydrogen) atoms. The highest BCUT2D eigenvalue weighted by Crippen LogP contribution is 2.37. The van der Waals surface area contributed by atoms with E-state index in [1.54, 1.807) is 39.8 Å². The fourth-order valence-electron chi connectivity index (χ4n) is 3.75. The van der Waals surface area contributed by atoms with Gasteiger partial charge in [-0.25, -0.2) is 0 Å². The van der Waals surface area contributed by atoms with Crippen LogP contribution >= 0.6 is 0 Å². The second-order valence-corrected chi connectivity index (χ2v) is 8.16. The summed E-state index contributed by atoms with van der Waals surface area (Å²) >= 11 is 0. The maximum absolute atomic E-state index is 13.2. The zero-order valence-corrected chi connectivity index (χ0v) is 20.3. The van der Waals surface area contributed by atoms with Crippen LogP contribution in [-0.2, 0) is 0 Å². The van der Waals surface area contributed by atoms with E-state index in [2.05, 4.69) is 15.1 Å². The number of nitrogens with zero attached hydrogens (tertiary/aromatic N) is 6. The Morgan fingerprint density at radius 2 is 1.41 bits per heavy atom. The second-order valence-electron chi connectivity index (χ2n) is 8.16. The van der Waals surface area contributed by atoms with Crippen LogP contribution in [0.25, 0.3) is 0 Å². The third-order valence-electron chi connectivity index (χ3n) is 5.32. The van der Waals surface area contributed by atoms with Gasteiger partial charge in [-0.2, -0.15) is 5.11 Å². The first-order valence-corrected chi connectivity index (χ1v) is 11.1. The molecule has 0 fully saturated rings. The Morgan fingerprint density at radius 3 is 1.85 bits per heavy atom. The van der Waals surface area contributed by atoms with Crippen LogP contribution in [0.2, 0.25) is 0 Å². The summed E-state index contributed by atoms with van der Waals surface area (Å²) in [6.45, 7) is 12.9. The summed E-state index contributed by atoms with van der Waals surface area (Å²) < 4.78 is 0. The number of anilines is 1. The number of hydrogen-bond donors (Lipinski definition) is 0. The molecule has 2 aromatic carbocycles. The van der Waals surface area contributed by atoms with Gasteiger partial charge in [0.2, 0.25) is 0 Å². The number of azo groups is 1. The number of rotatable bonds is 10. The molecule has 2 rings (SSSR count). The van der Waals surface area contributed by atoms with Gasteiger partial charge in [0.1, 0.15) is 5.56 Å². The highest BCUT2D eigenvalue weighted by Gasteiger charge is 2.32. The summed E-state index contributed by atoms with van der Waals surface area (Å²) in [5.74, 6) is -0.605. The van der Waals surface area contributed by atoms with Gasteiger partial charge in [-0.1, -0.05) is 0 Å². The Hall–Kier alpha value is -3.89. The molecular formula is C23H30N6O5. The van der Waals surface area contributed by atoms with Crippen LogP contribution in [0.3, 0.4) is 0 Å². The van der Waals surface area contributed by atoms with Crippen molar-refractivity contribution < 1.29 is 14.6 Å². The quantitative estimate of drug-likeness (QED) is 0.236. The van der Waals surface area contributed by atoms with Gasteiger partial charge in [0.25, 0.3) is 11.6 Å². The largest absolute Gasteiger partial charge is 0.372 e.